The molecule has 3 aromatic heterocycles. The third-order valence-electron chi connectivity index (χ3n) is 8.93. The van der Waals surface area contributed by atoms with Gasteiger partial charge in [-0.1, -0.05) is 24.3 Å². The number of imidazole rings is 2. The molecule has 1 aliphatic heterocycles. The molecule has 212 valence electrons. The second-order valence-corrected chi connectivity index (χ2v) is 11.4. The topological polar surface area (TPSA) is 84.8 Å². The van der Waals surface area contributed by atoms with Crippen molar-refractivity contribution >= 4 is 11.0 Å². The van der Waals surface area contributed by atoms with Crippen molar-refractivity contribution in [3.05, 3.63) is 107 Å². The number of aromatic nitrogens is 5. The maximum Gasteiger partial charge on any atom is 0.213 e. The number of para-hydroxylation sites is 2. The minimum absolute atomic E-state index is 0.0677. The average Bonchev–Trinajstić information content (AvgIpc) is 3.41. The van der Waals surface area contributed by atoms with Crippen molar-refractivity contribution in [1.29, 1.82) is 5.26 Å². The summed E-state index contributed by atoms with van der Waals surface area (Å²) in [6.07, 6.45) is 5.98. The lowest BCUT2D eigenvalue weighted by Gasteiger charge is -2.31. The molecule has 42 heavy (non-hydrogen) atoms. The smallest absolute Gasteiger partial charge is 0.213 e. The maximum atomic E-state index is 14.3. The fourth-order valence-electron chi connectivity index (χ4n) is 6.48. The summed E-state index contributed by atoms with van der Waals surface area (Å²) in [7, 11) is 0. The number of likely N-dealkylation sites (tertiary alicyclic amines) is 1. The van der Waals surface area contributed by atoms with E-state index >= 15 is 0 Å². The fraction of sp³-hybridized carbons (Fsp3) is 0.333. The third-order valence-corrected chi connectivity index (χ3v) is 8.93. The molecule has 8 nitrogen and oxygen atoms in total. The minimum atomic E-state index is -0.442. The first-order chi connectivity index (χ1) is 20.6. The molecule has 0 radical (unpaired) electrons. The predicted molar refractivity (Wildman–Crippen MR) is 156 cm³/mol. The van der Waals surface area contributed by atoms with E-state index < -0.39 is 5.82 Å². The number of fused-ring (bicyclic) bond motifs is 2. The Labute approximate surface area is 244 Å². The zero-order valence-corrected chi connectivity index (χ0v) is 23.6. The molecule has 1 saturated heterocycles. The van der Waals surface area contributed by atoms with Gasteiger partial charge >= 0.3 is 0 Å². The Bertz CT molecular complexity index is 1800. The normalized spacial score (nSPS) is 19.9. The molecule has 5 aromatic rings. The number of benzene rings is 2. The highest BCUT2D eigenvalue weighted by atomic mass is 19.1. The standard InChI is InChI=1S/C33H32FN7O/c1-2-40-22-36-17-26(40)19-41-29-7-4-3-6-28(29)37-31(41)20-39-13-12-33(15-25(33)18-39)30-8-5-9-32(38-30)42-21-24-11-10-23(16-35)14-27(24)34/h3-11,14,17,22,25H,2,12-13,15,18-21H2,1H3/t25-,33+/m1/s1. The first-order valence-corrected chi connectivity index (χ1v) is 14.5. The van der Waals surface area contributed by atoms with Crippen LogP contribution in [-0.2, 0) is 31.7 Å². The third kappa shape index (κ3) is 4.82. The van der Waals surface area contributed by atoms with Gasteiger partial charge in [-0.15, -0.1) is 0 Å². The van der Waals surface area contributed by atoms with Crippen LogP contribution in [0.5, 0.6) is 5.88 Å². The Hall–Kier alpha value is -4.55. The SMILES string of the molecule is CCn1cncc1Cn1c(CN2CC[C@]3(c4cccc(OCc5ccc(C#N)cc5F)n4)C[C@@H]3C2)nc2ccccc21. The molecule has 1 aliphatic carbocycles. The molecule has 0 amide bonds. The largest absolute Gasteiger partial charge is 0.473 e. The summed E-state index contributed by atoms with van der Waals surface area (Å²) >= 11 is 0. The average molecular weight is 562 g/mol. The van der Waals surface area contributed by atoms with E-state index in [0.29, 0.717) is 22.9 Å². The summed E-state index contributed by atoms with van der Waals surface area (Å²) in [4.78, 5) is 16.8. The Morgan fingerprint density at radius 2 is 2.00 bits per heavy atom. The number of halogens is 1. The molecule has 0 bridgehead atoms. The highest BCUT2D eigenvalue weighted by molar-refractivity contribution is 5.76. The van der Waals surface area contributed by atoms with Gasteiger partial charge in [0.15, 0.2) is 0 Å². The molecule has 4 heterocycles. The van der Waals surface area contributed by atoms with Crippen LogP contribution < -0.4 is 4.74 Å². The van der Waals surface area contributed by atoms with E-state index in [4.69, 9.17) is 20.0 Å². The number of aryl methyl sites for hydroxylation is 1. The first-order valence-electron chi connectivity index (χ1n) is 14.5. The van der Waals surface area contributed by atoms with E-state index in [2.05, 4.69) is 50.2 Å². The highest BCUT2D eigenvalue weighted by Gasteiger charge is 2.58. The fourth-order valence-corrected chi connectivity index (χ4v) is 6.48. The van der Waals surface area contributed by atoms with Crippen molar-refractivity contribution in [3.8, 4) is 11.9 Å². The molecule has 2 atom stereocenters. The maximum absolute atomic E-state index is 14.3. The van der Waals surface area contributed by atoms with Crippen molar-refractivity contribution in [1.82, 2.24) is 29.0 Å². The van der Waals surface area contributed by atoms with Crippen molar-refractivity contribution in [2.24, 2.45) is 5.92 Å². The van der Waals surface area contributed by atoms with E-state index in [0.717, 1.165) is 68.1 Å². The Balaban J connectivity index is 1.04. The van der Waals surface area contributed by atoms with Crippen LogP contribution in [0.15, 0.2) is 73.2 Å². The Kier molecular flexibility index (Phi) is 6.71. The van der Waals surface area contributed by atoms with Gasteiger partial charge in [0.1, 0.15) is 18.2 Å². The summed E-state index contributed by atoms with van der Waals surface area (Å²) in [5.74, 6) is 1.67. The zero-order chi connectivity index (χ0) is 28.7. The number of hydrogen-bond donors (Lipinski definition) is 0. The summed E-state index contributed by atoms with van der Waals surface area (Å²) in [6.45, 7) is 6.61. The number of nitrogens with zero attached hydrogens (tertiary/aromatic N) is 7. The summed E-state index contributed by atoms with van der Waals surface area (Å²) in [6, 6.07) is 20.6. The van der Waals surface area contributed by atoms with Crippen LogP contribution in [0.1, 0.15) is 48.1 Å². The molecule has 0 N–H and O–H groups in total. The van der Waals surface area contributed by atoms with Gasteiger partial charge in [-0.3, -0.25) is 4.90 Å². The van der Waals surface area contributed by atoms with Crippen LogP contribution in [0.2, 0.25) is 0 Å². The van der Waals surface area contributed by atoms with E-state index in [9.17, 15) is 4.39 Å². The van der Waals surface area contributed by atoms with Gasteiger partial charge in [0, 0.05) is 36.3 Å². The van der Waals surface area contributed by atoms with Crippen LogP contribution >= 0.6 is 0 Å². The van der Waals surface area contributed by atoms with E-state index in [1.807, 2.05) is 36.8 Å². The molecule has 0 spiro atoms. The van der Waals surface area contributed by atoms with E-state index in [1.165, 1.54) is 11.8 Å². The number of pyridine rings is 1. The predicted octanol–water partition coefficient (Wildman–Crippen LogP) is 5.45. The van der Waals surface area contributed by atoms with Crippen molar-refractivity contribution in [3.63, 3.8) is 0 Å². The van der Waals surface area contributed by atoms with Gasteiger partial charge in [-0.05, 0) is 62.6 Å². The summed E-state index contributed by atoms with van der Waals surface area (Å²) in [5.41, 5.74) is 5.18. The molecular formula is C33H32FN7O. The molecule has 2 aromatic carbocycles. The quantitative estimate of drug-likeness (QED) is 0.238. The van der Waals surface area contributed by atoms with Crippen molar-refractivity contribution in [2.45, 2.75) is 51.4 Å². The van der Waals surface area contributed by atoms with Gasteiger partial charge in [0.05, 0.1) is 53.5 Å². The van der Waals surface area contributed by atoms with Crippen LogP contribution in [-0.4, -0.2) is 42.1 Å². The summed E-state index contributed by atoms with van der Waals surface area (Å²) < 4.78 is 24.7. The molecule has 2 fully saturated rings. The highest BCUT2D eigenvalue weighted by Crippen LogP contribution is 2.58. The lowest BCUT2D eigenvalue weighted by Crippen LogP contribution is -2.37. The van der Waals surface area contributed by atoms with Crippen molar-refractivity contribution in [2.75, 3.05) is 13.1 Å². The zero-order valence-electron chi connectivity index (χ0n) is 23.6. The minimum Gasteiger partial charge on any atom is -0.473 e. The molecule has 2 aliphatic rings. The van der Waals surface area contributed by atoms with Crippen LogP contribution in [0.4, 0.5) is 4.39 Å². The van der Waals surface area contributed by atoms with Crippen molar-refractivity contribution < 1.29 is 9.13 Å². The van der Waals surface area contributed by atoms with Crippen LogP contribution in [0.25, 0.3) is 11.0 Å². The molecule has 9 heteroatoms. The second-order valence-electron chi connectivity index (χ2n) is 11.4. The lowest BCUT2D eigenvalue weighted by atomic mass is 9.91. The molecule has 7 rings (SSSR count). The Morgan fingerprint density at radius 3 is 2.83 bits per heavy atom. The number of nitriles is 1. The number of ether oxygens (including phenoxy) is 1. The first kappa shape index (κ1) is 26.4. The van der Waals surface area contributed by atoms with Crippen LogP contribution in [0.3, 0.4) is 0 Å². The van der Waals surface area contributed by atoms with Gasteiger partial charge in [0.25, 0.3) is 0 Å². The molecule has 1 saturated carbocycles. The van der Waals surface area contributed by atoms with Gasteiger partial charge in [-0.2, -0.15) is 5.26 Å². The van der Waals surface area contributed by atoms with Crippen LogP contribution in [0, 0.1) is 23.1 Å². The number of piperidine rings is 1. The van der Waals surface area contributed by atoms with E-state index in [-0.39, 0.29) is 12.0 Å². The van der Waals surface area contributed by atoms with Gasteiger partial charge in [-0.25, -0.2) is 19.3 Å². The number of hydrogen-bond acceptors (Lipinski definition) is 6. The second kappa shape index (κ2) is 10.7. The molecular weight excluding hydrogens is 529 g/mol. The molecule has 0 unspecified atom stereocenters. The van der Waals surface area contributed by atoms with E-state index in [1.54, 1.807) is 12.1 Å². The van der Waals surface area contributed by atoms with Gasteiger partial charge in [0.2, 0.25) is 5.88 Å². The number of rotatable bonds is 9. The summed E-state index contributed by atoms with van der Waals surface area (Å²) in [5, 5.41) is 8.97. The Morgan fingerprint density at radius 1 is 1.10 bits per heavy atom. The lowest BCUT2D eigenvalue weighted by molar-refractivity contribution is 0.191. The van der Waals surface area contributed by atoms with Gasteiger partial charge < -0.3 is 13.9 Å². The monoisotopic (exact) mass is 561 g/mol.